The first kappa shape index (κ1) is 18.4. The van der Waals surface area contributed by atoms with Crippen molar-refractivity contribution in [3.63, 3.8) is 0 Å². The molecule has 1 aromatic carbocycles. The summed E-state index contributed by atoms with van der Waals surface area (Å²) in [5.74, 6) is 0.206. The highest BCUT2D eigenvalue weighted by atomic mass is 32.2. The summed E-state index contributed by atoms with van der Waals surface area (Å²) in [7, 11) is -3.74. The van der Waals surface area contributed by atoms with E-state index < -0.39 is 10.0 Å². The van der Waals surface area contributed by atoms with E-state index in [2.05, 4.69) is 5.32 Å². The van der Waals surface area contributed by atoms with E-state index in [1.54, 1.807) is 29.7 Å². The van der Waals surface area contributed by atoms with Gasteiger partial charge in [0.25, 0.3) is 11.5 Å². The first-order chi connectivity index (χ1) is 13.8. The minimum Gasteiger partial charge on any atom is -0.482 e. The third kappa shape index (κ3) is 2.96. The Balaban J connectivity index is 1.51. The van der Waals surface area contributed by atoms with E-state index in [0.29, 0.717) is 36.6 Å². The molecule has 0 aliphatic carbocycles. The van der Waals surface area contributed by atoms with Gasteiger partial charge in [-0.2, -0.15) is 4.31 Å². The molecule has 0 radical (unpaired) electrons. The van der Waals surface area contributed by atoms with Crippen molar-refractivity contribution in [3.05, 3.63) is 51.9 Å². The van der Waals surface area contributed by atoms with Gasteiger partial charge >= 0.3 is 0 Å². The molecule has 2 unspecified atom stereocenters. The number of carbonyl (C=O) groups is 1. The smallest absolute Gasteiger partial charge is 0.262 e. The van der Waals surface area contributed by atoms with Crippen LogP contribution >= 0.6 is 0 Å². The summed E-state index contributed by atoms with van der Waals surface area (Å²) < 4.78 is 35.7. The van der Waals surface area contributed by atoms with Crippen LogP contribution < -0.4 is 15.6 Å². The third-order valence-corrected chi connectivity index (χ3v) is 7.95. The van der Waals surface area contributed by atoms with Crippen molar-refractivity contribution in [2.75, 3.05) is 25.0 Å². The molecule has 29 heavy (non-hydrogen) atoms. The Labute approximate surface area is 168 Å². The predicted molar refractivity (Wildman–Crippen MR) is 106 cm³/mol. The molecule has 1 N–H and O–H groups in total. The summed E-state index contributed by atoms with van der Waals surface area (Å²) in [6, 6.07) is 8.34. The standard InChI is InChI=1S/C20H21N3O5S/c1-12-5-15-17(28-11-19(24)21-15)7-18(12)29(26,27)22-8-13-6-14(10-22)16-3-2-4-20(25)23(16)9-13/h2-5,7,13-14H,6,8-11H2,1H3,(H,21,24). The lowest BCUT2D eigenvalue weighted by Gasteiger charge is -2.42. The summed E-state index contributed by atoms with van der Waals surface area (Å²) in [5.41, 5.74) is 1.92. The number of fused-ring (bicyclic) bond motifs is 5. The molecule has 3 aliphatic heterocycles. The molecule has 4 heterocycles. The molecule has 0 spiro atoms. The topological polar surface area (TPSA) is 97.7 Å². The van der Waals surface area contributed by atoms with E-state index in [0.717, 1.165) is 12.1 Å². The summed E-state index contributed by atoms with van der Waals surface area (Å²) in [5, 5.41) is 2.70. The quantitative estimate of drug-likeness (QED) is 0.797. The molecule has 5 rings (SSSR count). The summed E-state index contributed by atoms with van der Waals surface area (Å²) in [4.78, 5) is 23.9. The average molecular weight is 415 g/mol. The Morgan fingerprint density at radius 1 is 1.14 bits per heavy atom. The average Bonchev–Trinajstić information content (AvgIpc) is 2.68. The van der Waals surface area contributed by atoms with Gasteiger partial charge in [-0.1, -0.05) is 6.07 Å². The van der Waals surface area contributed by atoms with Gasteiger partial charge in [-0.15, -0.1) is 0 Å². The van der Waals surface area contributed by atoms with Gasteiger partial charge in [0, 0.05) is 43.4 Å². The van der Waals surface area contributed by atoms with Gasteiger partial charge < -0.3 is 14.6 Å². The number of ether oxygens (including phenoxy) is 1. The molecule has 152 valence electrons. The fourth-order valence-corrected chi connectivity index (χ4v) is 6.47. The number of piperidine rings is 1. The number of hydrogen-bond acceptors (Lipinski definition) is 5. The Hall–Kier alpha value is -2.65. The number of anilines is 1. The van der Waals surface area contributed by atoms with Crippen molar-refractivity contribution in [2.45, 2.75) is 30.7 Å². The van der Waals surface area contributed by atoms with Gasteiger partial charge in [0.05, 0.1) is 10.6 Å². The first-order valence-electron chi connectivity index (χ1n) is 9.60. The number of benzene rings is 1. The van der Waals surface area contributed by atoms with E-state index in [1.807, 2.05) is 6.07 Å². The lowest BCUT2D eigenvalue weighted by atomic mass is 9.84. The Bertz CT molecular complexity index is 1190. The van der Waals surface area contributed by atoms with Crippen molar-refractivity contribution in [2.24, 2.45) is 5.92 Å². The Morgan fingerprint density at radius 2 is 1.97 bits per heavy atom. The van der Waals surface area contributed by atoms with Crippen molar-refractivity contribution in [1.29, 1.82) is 0 Å². The molecule has 8 nitrogen and oxygen atoms in total. The molecule has 1 aromatic heterocycles. The van der Waals surface area contributed by atoms with Crippen molar-refractivity contribution in [1.82, 2.24) is 8.87 Å². The van der Waals surface area contributed by atoms with Crippen LogP contribution in [-0.4, -0.2) is 42.9 Å². The number of nitrogens with one attached hydrogen (secondary N) is 1. The van der Waals surface area contributed by atoms with E-state index >= 15 is 0 Å². The Morgan fingerprint density at radius 3 is 2.79 bits per heavy atom. The molecule has 1 saturated heterocycles. The maximum Gasteiger partial charge on any atom is 0.262 e. The minimum atomic E-state index is -3.74. The van der Waals surface area contributed by atoms with Gasteiger partial charge in [0.1, 0.15) is 5.75 Å². The molecule has 2 atom stereocenters. The van der Waals surface area contributed by atoms with Crippen LogP contribution in [0.25, 0.3) is 0 Å². The number of amides is 1. The molecule has 9 heteroatoms. The number of pyridine rings is 1. The van der Waals surface area contributed by atoms with Crippen LogP contribution in [0.4, 0.5) is 5.69 Å². The van der Waals surface area contributed by atoms with Crippen LogP contribution in [0.2, 0.25) is 0 Å². The zero-order valence-corrected chi connectivity index (χ0v) is 16.7. The molecule has 1 amide bonds. The monoisotopic (exact) mass is 415 g/mol. The maximum atomic E-state index is 13.5. The fraction of sp³-hybridized carbons (Fsp3) is 0.400. The highest BCUT2D eigenvalue weighted by molar-refractivity contribution is 7.89. The summed E-state index contributed by atoms with van der Waals surface area (Å²) >= 11 is 0. The zero-order valence-electron chi connectivity index (χ0n) is 15.9. The van der Waals surface area contributed by atoms with Gasteiger partial charge in [-0.3, -0.25) is 9.59 Å². The van der Waals surface area contributed by atoms with Gasteiger partial charge in [-0.05, 0) is 37.0 Å². The van der Waals surface area contributed by atoms with Crippen molar-refractivity contribution >= 4 is 21.6 Å². The second-order valence-electron chi connectivity index (χ2n) is 7.97. The van der Waals surface area contributed by atoms with E-state index in [4.69, 9.17) is 4.74 Å². The first-order valence-corrected chi connectivity index (χ1v) is 11.0. The van der Waals surface area contributed by atoms with Crippen LogP contribution in [0, 0.1) is 12.8 Å². The molecular weight excluding hydrogens is 394 g/mol. The van der Waals surface area contributed by atoms with E-state index in [-0.39, 0.29) is 34.8 Å². The van der Waals surface area contributed by atoms with E-state index in [1.165, 1.54) is 10.4 Å². The van der Waals surface area contributed by atoms with Gasteiger partial charge in [0.2, 0.25) is 10.0 Å². The van der Waals surface area contributed by atoms with Crippen molar-refractivity contribution < 1.29 is 17.9 Å². The van der Waals surface area contributed by atoms with Crippen LogP contribution in [0.15, 0.2) is 40.0 Å². The van der Waals surface area contributed by atoms with Crippen LogP contribution in [-0.2, 0) is 21.4 Å². The van der Waals surface area contributed by atoms with Crippen molar-refractivity contribution in [3.8, 4) is 5.75 Å². The van der Waals surface area contributed by atoms with Gasteiger partial charge in [0.15, 0.2) is 6.61 Å². The highest BCUT2D eigenvalue weighted by Gasteiger charge is 2.40. The molecule has 2 aromatic rings. The number of rotatable bonds is 2. The number of sulfonamides is 1. The number of aryl methyl sites for hydroxylation is 1. The molecular formula is C20H21N3O5S. The second kappa shape index (κ2) is 6.43. The number of nitrogens with zero attached hydrogens (tertiary/aromatic N) is 2. The maximum absolute atomic E-state index is 13.5. The lowest BCUT2D eigenvalue weighted by molar-refractivity contribution is -0.118. The predicted octanol–water partition coefficient (Wildman–Crippen LogP) is 1.30. The molecule has 1 fully saturated rings. The number of aromatic nitrogens is 1. The van der Waals surface area contributed by atoms with Gasteiger partial charge in [-0.25, -0.2) is 8.42 Å². The number of hydrogen-bond donors (Lipinski definition) is 1. The van der Waals surface area contributed by atoms with Crippen LogP contribution in [0.1, 0.15) is 23.6 Å². The van der Waals surface area contributed by atoms with E-state index in [9.17, 15) is 18.0 Å². The summed E-state index contributed by atoms with van der Waals surface area (Å²) in [6.45, 7) is 2.85. The lowest BCUT2D eigenvalue weighted by Crippen LogP contribution is -2.49. The van der Waals surface area contributed by atoms with Crippen LogP contribution in [0.3, 0.4) is 0 Å². The highest BCUT2D eigenvalue weighted by Crippen LogP contribution is 2.39. The minimum absolute atomic E-state index is 0.000327. The normalized spacial score (nSPS) is 23.6. The Kier molecular flexibility index (Phi) is 4.08. The van der Waals surface area contributed by atoms with Crippen LogP contribution in [0.5, 0.6) is 5.75 Å². The second-order valence-corrected chi connectivity index (χ2v) is 9.88. The summed E-state index contributed by atoms with van der Waals surface area (Å²) in [6.07, 6.45) is 0.883. The SMILES string of the molecule is Cc1cc2c(cc1S(=O)(=O)N1CC3CC(C1)c1cccc(=O)n1C3)OCC(=O)N2. The molecule has 0 saturated carbocycles. The molecule has 3 aliphatic rings. The molecule has 2 bridgehead atoms. The number of carbonyl (C=O) groups excluding carboxylic acids is 1. The largest absolute Gasteiger partial charge is 0.482 e. The fourth-order valence-electron chi connectivity index (χ4n) is 4.68. The third-order valence-electron chi connectivity index (χ3n) is 5.97. The zero-order chi connectivity index (χ0) is 20.3.